The Hall–Kier alpha value is -0.0800. The van der Waals surface area contributed by atoms with Crippen LogP contribution in [0.25, 0.3) is 0 Å². The molecule has 18 heavy (non-hydrogen) atoms. The first-order chi connectivity index (χ1) is 8.65. The van der Waals surface area contributed by atoms with E-state index in [0.29, 0.717) is 0 Å². The molecule has 1 fully saturated rings. The second kappa shape index (κ2) is 8.92. The van der Waals surface area contributed by atoms with Gasteiger partial charge >= 0.3 is 0 Å². The van der Waals surface area contributed by atoms with Crippen LogP contribution < -0.4 is 5.32 Å². The van der Waals surface area contributed by atoms with Crippen molar-refractivity contribution in [1.82, 2.24) is 10.2 Å². The topological polar surface area (TPSA) is 15.3 Å². The second-order valence-electron chi connectivity index (χ2n) is 6.45. The molecule has 1 aliphatic carbocycles. The average Bonchev–Trinajstić information content (AvgIpc) is 2.83. The smallest absolute Gasteiger partial charge is 0.00980 e. The van der Waals surface area contributed by atoms with Crippen molar-refractivity contribution in [2.75, 3.05) is 20.1 Å². The molecule has 0 aliphatic heterocycles. The van der Waals surface area contributed by atoms with Crippen molar-refractivity contribution in [3.05, 3.63) is 0 Å². The van der Waals surface area contributed by atoms with Gasteiger partial charge in [0.25, 0.3) is 0 Å². The molecule has 0 aromatic heterocycles. The SMILES string of the molecule is CNCCCC(C)N(CCC(C)C)C1CCCC1. The highest BCUT2D eigenvalue weighted by Crippen LogP contribution is 2.26. The molecule has 2 heteroatoms. The molecule has 0 saturated heterocycles. The summed E-state index contributed by atoms with van der Waals surface area (Å²) in [7, 11) is 2.05. The summed E-state index contributed by atoms with van der Waals surface area (Å²) >= 11 is 0. The van der Waals surface area contributed by atoms with Crippen LogP contribution in [0.1, 0.15) is 65.7 Å². The Balaban J connectivity index is 2.41. The van der Waals surface area contributed by atoms with Crippen molar-refractivity contribution < 1.29 is 0 Å². The third kappa shape index (κ3) is 5.71. The van der Waals surface area contributed by atoms with Crippen LogP contribution in [-0.4, -0.2) is 37.1 Å². The first kappa shape index (κ1) is 16.0. The second-order valence-corrected chi connectivity index (χ2v) is 6.45. The van der Waals surface area contributed by atoms with Gasteiger partial charge in [-0.2, -0.15) is 0 Å². The maximum Gasteiger partial charge on any atom is 0.00980 e. The largest absolute Gasteiger partial charge is 0.320 e. The fourth-order valence-corrected chi connectivity index (χ4v) is 3.15. The summed E-state index contributed by atoms with van der Waals surface area (Å²) in [5.41, 5.74) is 0. The molecule has 1 rings (SSSR count). The van der Waals surface area contributed by atoms with Gasteiger partial charge in [0.15, 0.2) is 0 Å². The molecular formula is C16H34N2. The molecule has 1 aliphatic rings. The molecule has 1 atom stereocenters. The third-order valence-corrected chi connectivity index (χ3v) is 4.37. The Morgan fingerprint density at radius 3 is 2.33 bits per heavy atom. The highest BCUT2D eigenvalue weighted by molar-refractivity contribution is 4.81. The summed E-state index contributed by atoms with van der Waals surface area (Å²) in [5, 5.41) is 3.26. The lowest BCUT2D eigenvalue weighted by Gasteiger charge is -2.35. The minimum Gasteiger partial charge on any atom is -0.320 e. The van der Waals surface area contributed by atoms with Crippen molar-refractivity contribution in [2.45, 2.75) is 77.8 Å². The molecule has 1 N–H and O–H groups in total. The van der Waals surface area contributed by atoms with Gasteiger partial charge in [0, 0.05) is 12.1 Å². The molecular weight excluding hydrogens is 220 g/mol. The maximum absolute atomic E-state index is 3.26. The Bertz CT molecular complexity index is 197. The van der Waals surface area contributed by atoms with Crippen molar-refractivity contribution in [2.24, 2.45) is 5.92 Å². The van der Waals surface area contributed by atoms with E-state index in [1.54, 1.807) is 0 Å². The predicted octanol–water partition coefficient (Wildman–Crippen LogP) is 3.67. The van der Waals surface area contributed by atoms with Gasteiger partial charge in [-0.3, -0.25) is 4.90 Å². The van der Waals surface area contributed by atoms with Gasteiger partial charge in [-0.15, -0.1) is 0 Å². The monoisotopic (exact) mass is 254 g/mol. The van der Waals surface area contributed by atoms with Crippen molar-refractivity contribution in [3.63, 3.8) is 0 Å². The first-order valence-electron chi connectivity index (χ1n) is 8.05. The normalized spacial score (nSPS) is 19.0. The summed E-state index contributed by atoms with van der Waals surface area (Å²) in [6.07, 6.45) is 9.78. The van der Waals surface area contributed by atoms with E-state index in [9.17, 15) is 0 Å². The highest BCUT2D eigenvalue weighted by atomic mass is 15.2. The molecule has 0 bridgehead atoms. The van der Waals surface area contributed by atoms with Crippen LogP contribution in [0.3, 0.4) is 0 Å². The molecule has 0 amide bonds. The van der Waals surface area contributed by atoms with E-state index < -0.39 is 0 Å². The standard InChI is InChI=1S/C16H34N2/c1-14(2)11-13-18(16-9-5-6-10-16)15(3)8-7-12-17-4/h14-17H,5-13H2,1-4H3. The quantitative estimate of drug-likeness (QED) is 0.632. The van der Waals surface area contributed by atoms with Gasteiger partial charge in [-0.05, 0) is 65.1 Å². The minimum atomic E-state index is 0.764. The van der Waals surface area contributed by atoms with Crippen molar-refractivity contribution in [3.8, 4) is 0 Å². The molecule has 0 spiro atoms. The van der Waals surface area contributed by atoms with E-state index in [1.165, 1.54) is 51.5 Å². The van der Waals surface area contributed by atoms with E-state index in [2.05, 4.69) is 38.0 Å². The van der Waals surface area contributed by atoms with Gasteiger partial charge in [0.1, 0.15) is 0 Å². The molecule has 0 aromatic carbocycles. The number of hydrogen-bond donors (Lipinski definition) is 1. The lowest BCUT2D eigenvalue weighted by Crippen LogP contribution is -2.41. The van der Waals surface area contributed by atoms with Crippen LogP contribution in [0.5, 0.6) is 0 Å². The Morgan fingerprint density at radius 1 is 1.11 bits per heavy atom. The summed E-state index contributed by atoms with van der Waals surface area (Å²) in [4.78, 5) is 2.82. The fourth-order valence-electron chi connectivity index (χ4n) is 3.15. The van der Waals surface area contributed by atoms with E-state index in [-0.39, 0.29) is 0 Å². The predicted molar refractivity (Wildman–Crippen MR) is 81.0 cm³/mol. The number of rotatable bonds is 9. The molecule has 0 radical (unpaired) electrons. The van der Waals surface area contributed by atoms with Gasteiger partial charge < -0.3 is 5.32 Å². The average molecular weight is 254 g/mol. The van der Waals surface area contributed by atoms with E-state index in [1.807, 2.05) is 0 Å². The maximum atomic E-state index is 3.26. The first-order valence-corrected chi connectivity index (χ1v) is 8.05. The molecule has 1 unspecified atom stereocenters. The number of nitrogens with one attached hydrogen (secondary N) is 1. The highest BCUT2D eigenvalue weighted by Gasteiger charge is 2.25. The fraction of sp³-hybridized carbons (Fsp3) is 1.00. The third-order valence-electron chi connectivity index (χ3n) is 4.37. The lowest BCUT2D eigenvalue weighted by molar-refractivity contribution is 0.129. The summed E-state index contributed by atoms with van der Waals surface area (Å²) in [5.74, 6) is 0.832. The minimum absolute atomic E-state index is 0.764. The molecule has 2 nitrogen and oxygen atoms in total. The molecule has 108 valence electrons. The van der Waals surface area contributed by atoms with Gasteiger partial charge in [0.05, 0.1) is 0 Å². The van der Waals surface area contributed by atoms with Gasteiger partial charge in [-0.25, -0.2) is 0 Å². The zero-order valence-electron chi connectivity index (χ0n) is 13.0. The number of nitrogens with zero attached hydrogens (tertiary/aromatic N) is 1. The van der Waals surface area contributed by atoms with Gasteiger partial charge in [0.2, 0.25) is 0 Å². The molecule has 1 saturated carbocycles. The van der Waals surface area contributed by atoms with Crippen LogP contribution >= 0.6 is 0 Å². The lowest BCUT2D eigenvalue weighted by atomic mass is 10.0. The van der Waals surface area contributed by atoms with E-state index in [4.69, 9.17) is 0 Å². The van der Waals surface area contributed by atoms with Crippen molar-refractivity contribution >= 4 is 0 Å². The van der Waals surface area contributed by atoms with E-state index >= 15 is 0 Å². The van der Waals surface area contributed by atoms with Crippen LogP contribution in [0.15, 0.2) is 0 Å². The van der Waals surface area contributed by atoms with E-state index in [0.717, 1.165) is 24.5 Å². The number of hydrogen-bond acceptors (Lipinski definition) is 2. The zero-order valence-corrected chi connectivity index (χ0v) is 13.0. The Labute approximate surface area is 115 Å². The summed E-state index contributed by atoms with van der Waals surface area (Å²) in [6.45, 7) is 9.60. The summed E-state index contributed by atoms with van der Waals surface area (Å²) in [6, 6.07) is 1.65. The van der Waals surface area contributed by atoms with Crippen molar-refractivity contribution in [1.29, 1.82) is 0 Å². The Morgan fingerprint density at radius 2 is 1.78 bits per heavy atom. The van der Waals surface area contributed by atoms with Crippen LogP contribution in [0, 0.1) is 5.92 Å². The van der Waals surface area contributed by atoms with Crippen LogP contribution in [0.2, 0.25) is 0 Å². The van der Waals surface area contributed by atoms with Crippen LogP contribution in [-0.2, 0) is 0 Å². The van der Waals surface area contributed by atoms with Crippen LogP contribution in [0.4, 0.5) is 0 Å². The summed E-state index contributed by atoms with van der Waals surface area (Å²) < 4.78 is 0. The Kier molecular flexibility index (Phi) is 7.92. The molecule has 0 heterocycles. The zero-order chi connectivity index (χ0) is 13.4. The van der Waals surface area contributed by atoms with Gasteiger partial charge in [-0.1, -0.05) is 26.7 Å². The molecule has 0 aromatic rings.